The molecular formula is C14H12Cl2N4O. The number of benzene rings is 1. The van der Waals surface area contributed by atoms with Crippen LogP contribution in [0.3, 0.4) is 0 Å². The Morgan fingerprint density at radius 1 is 1.29 bits per heavy atom. The number of amides is 1. The van der Waals surface area contributed by atoms with Crippen LogP contribution in [0.5, 0.6) is 0 Å². The van der Waals surface area contributed by atoms with E-state index in [2.05, 4.69) is 20.4 Å². The molecule has 0 bridgehead atoms. The quantitative estimate of drug-likeness (QED) is 0.848. The Bertz CT molecular complexity index is 731. The molecule has 108 valence electrons. The molecule has 0 saturated carbocycles. The van der Waals surface area contributed by atoms with Crippen LogP contribution in [0.1, 0.15) is 12.0 Å². The third kappa shape index (κ3) is 1.77. The van der Waals surface area contributed by atoms with E-state index in [-0.39, 0.29) is 5.91 Å². The van der Waals surface area contributed by atoms with Crippen molar-refractivity contribution in [2.75, 3.05) is 23.3 Å². The summed E-state index contributed by atoms with van der Waals surface area (Å²) in [6, 6.07) is 5.44. The van der Waals surface area contributed by atoms with Crippen molar-refractivity contribution < 1.29 is 4.79 Å². The van der Waals surface area contributed by atoms with Crippen molar-refractivity contribution in [1.29, 1.82) is 0 Å². The highest BCUT2D eigenvalue weighted by molar-refractivity contribution is 6.42. The predicted octanol–water partition coefficient (Wildman–Crippen LogP) is 2.82. The summed E-state index contributed by atoms with van der Waals surface area (Å²) in [6.45, 7) is 1.37. The summed E-state index contributed by atoms with van der Waals surface area (Å²) < 4.78 is 0. The van der Waals surface area contributed by atoms with Gasteiger partial charge in [0.1, 0.15) is 5.82 Å². The smallest absolute Gasteiger partial charge is 0.236 e. The first-order valence-corrected chi connectivity index (χ1v) is 7.41. The fraction of sp³-hybridized carbons (Fsp3) is 0.286. The minimum absolute atomic E-state index is 0.00821. The van der Waals surface area contributed by atoms with Gasteiger partial charge in [0.25, 0.3) is 0 Å². The topological polar surface area (TPSA) is 61.0 Å². The average molecular weight is 323 g/mol. The number of nitrogens with zero attached hydrogens (tertiary/aromatic N) is 2. The van der Waals surface area contributed by atoms with Gasteiger partial charge in [-0.3, -0.25) is 9.89 Å². The maximum absolute atomic E-state index is 12.5. The highest BCUT2D eigenvalue weighted by Gasteiger charge is 2.51. The maximum atomic E-state index is 12.5. The molecule has 2 aliphatic heterocycles. The number of H-pyrrole nitrogens is 1. The largest absolute Gasteiger partial charge is 0.354 e. The van der Waals surface area contributed by atoms with Crippen LogP contribution in [0.15, 0.2) is 24.4 Å². The Morgan fingerprint density at radius 2 is 2.10 bits per heavy atom. The third-order valence-electron chi connectivity index (χ3n) is 4.34. The summed E-state index contributed by atoms with van der Waals surface area (Å²) in [7, 11) is 0. The predicted molar refractivity (Wildman–Crippen MR) is 82.2 cm³/mol. The number of nitrogens with one attached hydrogen (secondary N) is 2. The van der Waals surface area contributed by atoms with Gasteiger partial charge in [-0.2, -0.15) is 5.10 Å². The van der Waals surface area contributed by atoms with E-state index in [0.29, 0.717) is 16.6 Å². The highest BCUT2D eigenvalue weighted by atomic mass is 35.5. The zero-order valence-electron chi connectivity index (χ0n) is 11.0. The van der Waals surface area contributed by atoms with Gasteiger partial charge in [0, 0.05) is 31.0 Å². The summed E-state index contributed by atoms with van der Waals surface area (Å²) in [6.07, 6.45) is 2.51. The van der Waals surface area contributed by atoms with E-state index < -0.39 is 5.41 Å². The number of anilines is 2. The summed E-state index contributed by atoms with van der Waals surface area (Å²) in [4.78, 5) is 14.6. The average Bonchev–Trinajstić information content (AvgIpc) is 3.15. The number of fused-ring (bicyclic) bond motifs is 2. The zero-order valence-corrected chi connectivity index (χ0v) is 12.5. The Hall–Kier alpha value is -1.72. The molecule has 0 radical (unpaired) electrons. The van der Waals surface area contributed by atoms with Gasteiger partial charge in [0.2, 0.25) is 5.91 Å². The Morgan fingerprint density at radius 3 is 2.86 bits per heavy atom. The number of hydrogen-bond donors (Lipinski definition) is 2. The fourth-order valence-electron chi connectivity index (χ4n) is 3.25. The van der Waals surface area contributed by atoms with Gasteiger partial charge in [-0.1, -0.05) is 23.2 Å². The third-order valence-corrected chi connectivity index (χ3v) is 5.06. The molecule has 1 atom stereocenters. The highest BCUT2D eigenvalue weighted by Crippen LogP contribution is 2.47. The maximum Gasteiger partial charge on any atom is 0.236 e. The van der Waals surface area contributed by atoms with Crippen molar-refractivity contribution in [3.05, 3.63) is 40.0 Å². The van der Waals surface area contributed by atoms with Crippen molar-refractivity contribution in [3.63, 3.8) is 0 Å². The van der Waals surface area contributed by atoms with Crippen molar-refractivity contribution >= 4 is 40.6 Å². The zero-order chi connectivity index (χ0) is 14.6. The summed E-state index contributed by atoms with van der Waals surface area (Å²) in [5.41, 5.74) is 1.13. The molecule has 1 amide bonds. The van der Waals surface area contributed by atoms with Crippen LogP contribution in [0.25, 0.3) is 0 Å². The van der Waals surface area contributed by atoms with Crippen LogP contribution in [-0.4, -0.2) is 29.2 Å². The molecule has 2 aliphatic rings. The van der Waals surface area contributed by atoms with E-state index in [1.165, 1.54) is 0 Å². The second-order valence-corrected chi connectivity index (χ2v) is 6.27. The van der Waals surface area contributed by atoms with Gasteiger partial charge in [-0.05, 0) is 24.1 Å². The number of halogens is 2. The summed E-state index contributed by atoms with van der Waals surface area (Å²) in [5, 5.41) is 10.8. The lowest BCUT2D eigenvalue weighted by Crippen LogP contribution is -2.37. The number of carbonyl (C=O) groups excluding carboxylic acids is 1. The fourth-order valence-corrected chi connectivity index (χ4v) is 3.58. The van der Waals surface area contributed by atoms with Crippen molar-refractivity contribution in [2.24, 2.45) is 0 Å². The van der Waals surface area contributed by atoms with Crippen LogP contribution in [0.4, 0.5) is 11.5 Å². The minimum Gasteiger partial charge on any atom is -0.354 e. The van der Waals surface area contributed by atoms with Gasteiger partial charge in [-0.25, -0.2) is 0 Å². The summed E-state index contributed by atoms with van der Waals surface area (Å²) >= 11 is 12.2. The van der Waals surface area contributed by atoms with Crippen LogP contribution in [-0.2, 0) is 10.2 Å². The molecule has 0 aliphatic carbocycles. The van der Waals surface area contributed by atoms with E-state index >= 15 is 0 Å². The number of rotatable bonds is 1. The van der Waals surface area contributed by atoms with Crippen molar-refractivity contribution in [1.82, 2.24) is 10.2 Å². The molecule has 1 aromatic heterocycles. The molecule has 1 fully saturated rings. The van der Waals surface area contributed by atoms with E-state index in [9.17, 15) is 4.79 Å². The van der Waals surface area contributed by atoms with Gasteiger partial charge < -0.3 is 10.2 Å². The molecule has 1 aromatic carbocycles. The molecule has 21 heavy (non-hydrogen) atoms. The standard InChI is InChI=1S/C14H12Cl2N4O/c15-9-5-8-11(6-10(9)16)18-13(21)14(8)2-4-20(7-14)12-1-3-17-19-12/h1,3,5-6H,2,4,7H2,(H,17,19)(H,18,21). The van der Waals surface area contributed by atoms with Gasteiger partial charge in [-0.15, -0.1) is 0 Å². The number of aromatic nitrogens is 2. The molecule has 1 unspecified atom stereocenters. The minimum atomic E-state index is -0.567. The van der Waals surface area contributed by atoms with E-state index in [4.69, 9.17) is 23.2 Å². The number of aromatic amines is 1. The summed E-state index contributed by atoms with van der Waals surface area (Å²) in [5.74, 6) is 0.863. The lowest BCUT2D eigenvalue weighted by atomic mass is 9.81. The lowest BCUT2D eigenvalue weighted by molar-refractivity contribution is -0.120. The van der Waals surface area contributed by atoms with Crippen LogP contribution in [0.2, 0.25) is 10.0 Å². The molecule has 4 rings (SSSR count). The lowest BCUT2D eigenvalue weighted by Gasteiger charge is -2.22. The molecule has 2 N–H and O–H groups in total. The molecule has 1 spiro atoms. The molecular weight excluding hydrogens is 311 g/mol. The SMILES string of the molecule is O=C1Nc2cc(Cl)c(Cl)cc2C12CCN(c1cc[nH]n1)C2. The monoisotopic (exact) mass is 322 g/mol. The van der Waals surface area contributed by atoms with Crippen molar-refractivity contribution in [3.8, 4) is 0 Å². The first-order chi connectivity index (χ1) is 10.1. The normalized spacial score (nSPS) is 23.7. The molecule has 2 aromatic rings. The Labute approximate surface area is 131 Å². The molecule has 3 heterocycles. The van der Waals surface area contributed by atoms with Crippen LogP contribution >= 0.6 is 23.2 Å². The van der Waals surface area contributed by atoms with E-state index in [0.717, 1.165) is 30.0 Å². The first kappa shape index (κ1) is 13.0. The van der Waals surface area contributed by atoms with Crippen LogP contribution < -0.4 is 10.2 Å². The Balaban J connectivity index is 1.77. The van der Waals surface area contributed by atoms with Crippen molar-refractivity contribution in [2.45, 2.75) is 11.8 Å². The number of carbonyl (C=O) groups is 1. The van der Waals surface area contributed by atoms with Crippen LogP contribution in [0, 0.1) is 0 Å². The number of hydrogen-bond acceptors (Lipinski definition) is 3. The first-order valence-electron chi connectivity index (χ1n) is 6.66. The van der Waals surface area contributed by atoms with E-state index in [1.807, 2.05) is 12.1 Å². The second kappa shape index (κ2) is 4.39. The molecule has 5 nitrogen and oxygen atoms in total. The Kier molecular flexibility index (Phi) is 2.71. The van der Waals surface area contributed by atoms with Gasteiger partial charge in [0.05, 0.1) is 15.5 Å². The second-order valence-electron chi connectivity index (χ2n) is 5.45. The molecule has 7 heteroatoms. The van der Waals surface area contributed by atoms with Gasteiger partial charge >= 0.3 is 0 Å². The molecule has 1 saturated heterocycles. The van der Waals surface area contributed by atoms with Gasteiger partial charge in [0.15, 0.2) is 0 Å². The van der Waals surface area contributed by atoms with E-state index in [1.54, 1.807) is 12.3 Å².